The molecule has 0 aromatic carbocycles. The summed E-state index contributed by atoms with van der Waals surface area (Å²) in [5.41, 5.74) is 3.42. The van der Waals surface area contributed by atoms with Gasteiger partial charge in [0.05, 0.1) is 29.4 Å². The molecular weight excluding hydrogens is 340 g/mol. The van der Waals surface area contributed by atoms with Crippen molar-refractivity contribution in [3.8, 4) is 11.4 Å². The van der Waals surface area contributed by atoms with Gasteiger partial charge in [0.2, 0.25) is 0 Å². The molecule has 3 heterocycles. The number of Topliss-reactive ketones (excluding diaryl/α,β-unsaturated/α-hetero) is 1. The second kappa shape index (κ2) is 7.56. The standard InChI is InChI=1S/C21H24N4O2/c1-25-13-22-11-20(25)18-7-6-16-10-23-17(8-19(16)24-18)9-21(27)15-4-2-14(12-26)3-5-15/h6-8,10-11,13-15,26H,2-5,9,12H2,1H3. The van der Waals surface area contributed by atoms with Crippen molar-refractivity contribution < 1.29 is 9.90 Å². The van der Waals surface area contributed by atoms with E-state index in [0.717, 1.165) is 53.7 Å². The van der Waals surface area contributed by atoms with Crippen molar-refractivity contribution in [1.82, 2.24) is 19.5 Å². The van der Waals surface area contributed by atoms with Crippen LogP contribution in [0.25, 0.3) is 22.3 Å². The monoisotopic (exact) mass is 364 g/mol. The predicted molar refractivity (Wildman–Crippen MR) is 103 cm³/mol. The largest absolute Gasteiger partial charge is 0.396 e. The van der Waals surface area contributed by atoms with Crippen molar-refractivity contribution in [2.45, 2.75) is 32.1 Å². The fraction of sp³-hybridized carbons (Fsp3) is 0.429. The van der Waals surface area contributed by atoms with Crippen LogP contribution in [0.5, 0.6) is 0 Å². The SMILES string of the molecule is Cn1cncc1-c1ccc2cnc(CC(=O)C3CCC(CO)CC3)cc2n1. The van der Waals surface area contributed by atoms with E-state index in [1.54, 1.807) is 18.7 Å². The van der Waals surface area contributed by atoms with Crippen molar-refractivity contribution in [3.63, 3.8) is 0 Å². The van der Waals surface area contributed by atoms with Gasteiger partial charge >= 0.3 is 0 Å². The molecular formula is C21H24N4O2. The molecule has 0 bridgehead atoms. The highest BCUT2D eigenvalue weighted by Gasteiger charge is 2.26. The second-order valence-corrected chi connectivity index (χ2v) is 7.50. The Morgan fingerprint density at radius 3 is 2.74 bits per heavy atom. The minimum atomic E-state index is 0.0963. The molecule has 1 saturated carbocycles. The Hall–Kier alpha value is -2.60. The number of hydrogen-bond donors (Lipinski definition) is 1. The van der Waals surface area contributed by atoms with Crippen molar-refractivity contribution in [2.75, 3.05) is 6.61 Å². The summed E-state index contributed by atoms with van der Waals surface area (Å²) in [6.07, 6.45) is 9.32. The van der Waals surface area contributed by atoms with Gasteiger partial charge in [0.25, 0.3) is 0 Å². The Morgan fingerprint density at radius 2 is 2.04 bits per heavy atom. The summed E-state index contributed by atoms with van der Waals surface area (Å²) in [6.45, 7) is 0.234. The zero-order chi connectivity index (χ0) is 18.8. The first-order chi connectivity index (χ1) is 13.1. The molecule has 1 aliphatic rings. The lowest BCUT2D eigenvalue weighted by molar-refractivity contribution is -0.123. The van der Waals surface area contributed by atoms with Gasteiger partial charge in [-0.2, -0.15) is 0 Å². The molecule has 3 aromatic rings. The number of nitrogens with zero attached hydrogens (tertiary/aromatic N) is 4. The van der Waals surface area contributed by atoms with E-state index in [1.165, 1.54) is 0 Å². The zero-order valence-corrected chi connectivity index (χ0v) is 15.5. The van der Waals surface area contributed by atoms with Crippen molar-refractivity contribution in [3.05, 3.63) is 42.6 Å². The molecule has 6 nitrogen and oxygen atoms in total. The van der Waals surface area contributed by atoms with Crippen molar-refractivity contribution >= 4 is 16.7 Å². The summed E-state index contributed by atoms with van der Waals surface area (Å²) in [4.78, 5) is 26.0. The van der Waals surface area contributed by atoms with E-state index < -0.39 is 0 Å². The lowest BCUT2D eigenvalue weighted by Crippen LogP contribution is -2.24. The number of aliphatic hydroxyl groups is 1. The molecule has 140 valence electrons. The van der Waals surface area contributed by atoms with Crippen LogP contribution in [0.4, 0.5) is 0 Å². The smallest absolute Gasteiger partial charge is 0.141 e. The molecule has 0 spiro atoms. The topological polar surface area (TPSA) is 80.9 Å². The Balaban J connectivity index is 1.52. The van der Waals surface area contributed by atoms with E-state index in [1.807, 2.05) is 29.8 Å². The van der Waals surface area contributed by atoms with E-state index in [4.69, 9.17) is 4.98 Å². The maximum atomic E-state index is 12.7. The zero-order valence-electron chi connectivity index (χ0n) is 15.5. The lowest BCUT2D eigenvalue weighted by Gasteiger charge is -2.26. The molecule has 1 aliphatic carbocycles. The molecule has 0 amide bonds. The van der Waals surface area contributed by atoms with Crippen molar-refractivity contribution in [1.29, 1.82) is 0 Å². The maximum absolute atomic E-state index is 12.7. The molecule has 0 aliphatic heterocycles. The number of hydrogen-bond acceptors (Lipinski definition) is 5. The first-order valence-electron chi connectivity index (χ1n) is 9.50. The lowest BCUT2D eigenvalue weighted by atomic mass is 9.79. The highest BCUT2D eigenvalue weighted by molar-refractivity contribution is 5.85. The summed E-state index contributed by atoms with van der Waals surface area (Å²) in [5.74, 6) is 0.711. The fourth-order valence-corrected chi connectivity index (χ4v) is 3.89. The average molecular weight is 364 g/mol. The summed E-state index contributed by atoms with van der Waals surface area (Å²) >= 11 is 0. The van der Waals surface area contributed by atoms with Crippen molar-refractivity contribution in [2.24, 2.45) is 18.9 Å². The Labute approximate surface area is 158 Å². The van der Waals surface area contributed by atoms with Crippen LogP contribution in [0.1, 0.15) is 31.4 Å². The predicted octanol–water partition coefficient (Wildman–Crippen LogP) is 2.94. The van der Waals surface area contributed by atoms with E-state index in [0.29, 0.717) is 12.3 Å². The van der Waals surface area contributed by atoms with Gasteiger partial charge in [-0.1, -0.05) is 0 Å². The van der Waals surface area contributed by atoms with Crippen LogP contribution in [-0.2, 0) is 18.3 Å². The summed E-state index contributed by atoms with van der Waals surface area (Å²) in [7, 11) is 1.94. The van der Waals surface area contributed by atoms with Crippen LogP contribution in [0.2, 0.25) is 0 Å². The quantitative estimate of drug-likeness (QED) is 0.753. The number of carbonyl (C=O) groups is 1. The van der Waals surface area contributed by atoms with E-state index in [2.05, 4.69) is 9.97 Å². The molecule has 3 aromatic heterocycles. The molecule has 1 fully saturated rings. The van der Waals surface area contributed by atoms with Gasteiger partial charge in [0, 0.05) is 43.3 Å². The Bertz CT molecular complexity index is 958. The van der Waals surface area contributed by atoms with Crippen LogP contribution in [0.3, 0.4) is 0 Å². The summed E-state index contributed by atoms with van der Waals surface area (Å²) in [5, 5.41) is 10.2. The van der Waals surface area contributed by atoms with E-state index in [9.17, 15) is 9.90 Å². The third-order valence-electron chi connectivity index (χ3n) is 5.62. The van der Waals surface area contributed by atoms with E-state index in [-0.39, 0.29) is 18.3 Å². The number of imidazole rings is 1. The van der Waals surface area contributed by atoms with Gasteiger partial charge in [-0.15, -0.1) is 0 Å². The highest BCUT2D eigenvalue weighted by atomic mass is 16.3. The maximum Gasteiger partial charge on any atom is 0.141 e. The molecule has 0 radical (unpaired) electrons. The number of aliphatic hydroxyl groups excluding tert-OH is 1. The number of pyridine rings is 2. The number of ketones is 1. The summed E-state index contributed by atoms with van der Waals surface area (Å²) < 4.78 is 1.93. The van der Waals surface area contributed by atoms with Crippen LogP contribution < -0.4 is 0 Å². The fourth-order valence-electron chi connectivity index (χ4n) is 3.89. The number of fused-ring (bicyclic) bond motifs is 1. The van der Waals surface area contributed by atoms with E-state index >= 15 is 0 Å². The number of rotatable bonds is 5. The minimum absolute atomic E-state index is 0.0963. The molecule has 6 heteroatoms. The van der Waals surface area contributed by atoms with Crippen LogP contribution in [-0.4, -0.2) is 37.0 Å². The first-order valence-corrected chi connectivity index (χ1v) is 9.50. The van der Waals surface area contributed by atoms with Gasteiger partial charge in [-0.25, -0.2) is 9.97 Å². The van der Waals surface area contributed by atoms with Gasteiger partial charge in [0.15, 0.2) is 0 Å². The molecule has 0 saturated heterocycles. The van der Waals surface area contributed by atoms with Gasteiger partial charge < -0.3 is 9.67 Å². The molecule has 0 atom stereocenters. The highest BCUT2D eigenvalue weighted by Crippen LogP contribution is 2.30. The van der Waals surface area contributed by atoms with Crippen LogP contribution in [0, 0.1) is 11.8 Å². The molecule has 1 N–H and O–H groups in total. The normalized spacial score (nSPS) is 20.1. The van der Waals surface area contributed by atoms with Crippen LogP contribution >= 0.6 is 0 Å². The van der Waals surface area contributed by atoms with Gasteiger partial charge in [-0.05, 0) is 49.8 Å². The van der Waals surface area contributed by atoms with Crippen LogP contribution in [0.15, 0.2) is 36.9 Å². The summed E-state index contributed by atoms with van der Waals surface area (Å²) in [6, 6.07) is 5.89. The number of aromatic nitrogens is 4. The minimum Gasteiger partial charge on any atom is -0.396 e. The third-order valence-corrected chi connectivity index (χ3v) is 5.62. The first kappa shape index (κ1) is 17.8. The van der Waals surface area contributed by atoms with Gasteiger partial charge in [-0.3, -0.25) is 9.78 Å². The molecule has 0 unspecified atom stereocenters. The second-order valence-electron chi connectivity index (χ2n) is 7.50. The number of aryl methyl sites for hydroxylation is 1. The third kappa shape index (κ3) is 3.76. The molecule has 4 rings (SSSR count). The Morgan fingerprint density at radius 1 is 1.22 bits per heavy atom. The average Bonchev–Trinajstić information content (AvgIpc) is 3.13. The molecule has 27 heavy (non-hydrogen) atoms. The van der Waals surface area contributed by atoms with Gasteiger partial charge in [0.1, 0.15) is 5.78 Å². The number of carbonyl (C=O) groups excluding carboxylic acids is 1. The Kier molecular flexibility index (Phi) is 4.99.